The highest BCUT2D eigenvalue weighted by Gasteiger charge is 2.68. The normalized spacial score (nSPS) is 27.0. The zero-order valence-electron chi connectivity index (χ0n) is 18.5. The number of primary amides is 1. The van der Waals surface area contributed by atoms with Gasteiger partial charge < -0.3 is 26.0 Å². The maximum atomic E-state index is 13.3. The highest BCUT2D eigenvalue weighted by Crippen LogP contribution is 2.55. The average Bonchev–Trinajstić information content (AvgIpc) is 3.20. The molecular weight excluding hydrogens is 557 g/mol. The molecule has 1 saturated carbocycles. The minimum Gasteiger partial charge on any atom is -0.478 e. The van der Waals surface area contributed by atoms with Crippen LogP contribution in [0.1, 0.15) is 0 Å². The van der Waals surface area contributed by atoms with Gasteiger partial charge >= 0.3 is 11.9 Å². The van der Waals surface area contributed by atoms with Crippen molar-refractivity contribution in [3.63, 3.8) is 0 Å². The number of carboxylic acid groups (broad SMARTS) is 2. The smallest absolute Gasteiger partial charge is 0.343 e. The van der Waals surface area contributed by atoms with Gasteiger partial charge in [-0.2, -0.15) is 0 Å². The van der Waals surface area contributed by atoms with Crippen LogP contribution in [0.3, 0.4) is 0 Å². The molecule has 18 heteroatoms. The van der Waals surface area contributed by atoms with E-state index in [-0.39, 0.29) is 21.3 Å². The number of Topliss-reactive ketones (excluding diaryl/α,β-unsaturated/α-hetero) is 1. The maximum absolute atomic E-state index is 13.3. The van der Waals surface area contributed by atoms with Gasteiger partial charge in [0, 0.05) is 31.2 Å². The predicted octanol–water partition coefficient (Wildman–Crippen LogP) is -0.956. The van der Waals surface area contributed by atoms with Crippen LogP contribution < -0.4 is 11.1 Å². The Morgan fingerprint density at radius 2 is 2.00 bits per heavy atom. The van der Waals surface area contributed by atoms with E-state index < -0.39 is 56.6 Å². The first kappa shape index (κ1) is 26.5. The molecular formula is C18H18N6O8S4. The Morgan fingerprint density at radius 1 is 1.31 bits per heavy atom. The molecule has 1 aliphatic carbocycles. The van der Waals surface area contributed by atoms with Crippen molar-refractivity contribution < 1.29 is 38.9 Å². The molecule has 14 nitrogen and oxygen atoms in total. The Balaban J connectivity index is 1.49. The molecule has 192 valence electrons. The molecule has 0 bridgehead atoms. The van der Waals surface area contributed by atoms with Crippen molar-refractivity contribution in [3.05, 3.63) is 21.0 Å². The first-order valence-corrected chi connectivity index (χ1v) is 13.7. The van der Waals surface area contributed by atoms with Crippen molar-refractivity contribution in [2.45, 2.75) is 20.7 Å². The minimum atomic E-state index is -1.74. The van der Waals surface area contributed by atoms with Gasteiger partial charge in [0.25, 0.3) is 5.91 Å². The molecule has 5 N–H and O–H groups in total. The summed E-state index contributed by atoms with van der Waals surface area (Å²) in [6.07, 6.45) is 0. The van der Waals surface area contributed by atoms with E-state index in [1.807, 2.05) is 0 Å². The number of carbonyl (C=O) groups is 5. The monoisotopic (exact) mass is 574 g/mol. The summed E-state index contributed by atoms with van der Waals surface area (Å²) in [5.41, 5.74) is 3.26. The number of aromatic nitrogens is 4. The number of rotatable bonds is 9. The molecule has 0 aromatic carbocycles. The van der Waals surface area contributed by atoms with E-state index in [0.717, 1.165) is 23.5 Å². The number of fused-ring (bicyclic) bond motifs is 1. The molecule has 1 aromatic rings. The number of tetrazole rings is 1. The molecule has 36 heavy (non-hydrogen) atoms. The van der Waals surface area contributed by atoms with Crippen molar-refractivity contribution in [2.75, 3.05) is 18.6 Å². The number of nitrogens with two attached hydrogens (primary N) is 1. The van der Waals surface area contributed by atoms with Crippen LogP contribution in [-0.2, 0) is 35.8 Å². The minimum absolute atomic E-state index is 0.0292. The molecule has 3 heterocycles. The van der Waals surface area contributed by atoms with E-state index in [4.69, 9.17) is 15.6 Å². The van der Waals surface area contributed by atoms with Crippen molar-refractivity contribution in [1.29, 1.82) is 0 Å². The van der Waals surface area contributed by atoms with Gasteiger partial charge in [0.2, 0.25) is 16.8 Å². The summed E-state index contributed by atoms with van der Waals surface area (Å²) in [4.78, 5) is 60.8. The molecule has 1 unspecified atom stereocenters. The maximum Gasteiger partial charge on any atom is 0.343 e. The molecule has 2 aliphatic heterocycles. The summed E-state index contributed by atoms with van der Waals surface area (Å²) in [5, 5.41) is 32.5. The van der Waals surface area contributed by atoms with E-state index in [0.29, 0.717) is 10.7 Å². The number of hydrogen-bond acceptors (Lipinski definition) is 13. The molecule has 3 atom stereocenters. The molecule has 0 radical (unpaired) electrons. The number of methoxy groups -OCH3 is 1. The Morgan fingerprint density at radius 3 is 2.53 bits per heavy atom. The van der Waals surface area contributed by atoms with E-state index in [1.165, 1.54) is 35.3 Å². The zero-order valence-corrected chi connectivity index (χ0v) is 21.8. The number of nitrogens with one attached hydrogen (secondary N) is 1. The molecule has 4 rings (SSSR count). The Kier molecular flexibility index (Phi) is 7.42. The number of thioether (sulfide) groups is 4. The lowest BCUT2D eigenvalue weighted by Gasteiger charge is -2.54. The predicted molar refractivity (Wildman–Crippen MR) is 130 cm³/mol. The second-order valence-corrected chi connectivity index (χ2v) is 12.5. The van der Waals surface area contributed by atoms with Crippen LogP contribution in [0.25, 0.3) is 0 Å². The molecule has 1 saturated heterocycles. The second-order valence-electron chi connectivity index (χ2n) is 7.60. The lowest BCUT2D eigenvalue weighted by Crippen LogP contribution is -2.77. The lowest BCUT2D eigenvalue weighted by atomic mass is 9.68. The average molecular weight is 575 g/mol. The number of ketones is 1. The van der Waals surface area contributed by atoms with Crippen molar-refractivity contribution in [2.24, 2.45) is 18.7 Å². The van der Waals surface area contributed by atoms with Crippen LogP contribution in [0.4, 0.5) is 0 Å². The highest BCUT2D eigenvalue weighted by atomic mass is 32.3. The van der Waals surface area contributed by atoms with Gasteiger partial charge in [0.05, 0.1) is 15.4 Å². The number of amides is 2. The fraction of sp³-hybridized carbons (Fsp3) is 0.444. The van der Waals surface area contributed by atoms with Gasteiger partial charge in [-0.3, -0.25) is 14.4 Å². The summed E-state index contributed by atoms with van der Waals surface area (Å²) < 4.78 is 6.13. The molecule has 3 aliphatic rings. The van der Waals surface area contributed by atoms with Crippen LogP contribution in [0.15, 0.2) is 26.1 Å². The van der Waals surface area contributed by atoms with Gasteiger partial charge in [-0.15, -0.1) is 16.9 Å². The van der Waals surface area contributed by atoms with Crippen molar-refractivity contribution >= 4 is 76.6 Å². The number of hydrogen-bond donors (Lipinski definition) is 4. The standard InChI is InChI=1S/C18H18N6O8S4/c1-24-17(21-22-23-24)34-4-5-3-33-10-7(6(5)13(28)29)9(25)18(10,32-2)20-12(27)16-35-15(36-16)8(11(19)26)14(30)31/h7,10,16H,3-4H2,1-2H3,(H2,19,26)(H,20,27)(H,28,29)(H,30,31)/t7?,10-,16?,18-/m0/s1. The largest absolute Gasteiger partial charge is 0.478 e. The van der Waals surface area contributed by atoms with Gasteiger partial charge in [-0.25, -0.2) is 14.3 Å². The molecule has 1 aromatic heterocycles. The summed E-state index contributed by atoms with van der Waals surface area (Å²) in [6.45, 7) is 0. The quantitative estimate of drug-likeness (QED) is 0.0918. The Bertz CT molecular complexity index is 1220. The fourth-order valence-corrected chi connectivity index (χ4v) is 8.71. The molecule has 0 spiro atoms. The SMILES string of the molecule is CO[C@@]1(NC(=O)C2SC(=C(C(N)=O)C(=O)O)S2)C(=O)C2C(C(=O)O)=C(CSc3nnnn3C)CS[C@@H]21. The van der Waals surface area contributed by atoms with Crippen LogP contribution in [0.2, 0.25) is 0 Å². The summed E-state index contributed by atoms with van der Waals surface area (Å²) in [6, 6.07) is 0. The van der Waals surface area contributed by atoms with E-state index >= 15 is 0 Å². The second kappa shape index (κ2) is 10.1. The van der Waals surface area contributed by atoms with Crippen molar-refractivity contribution in [3.8, 4) is 0 Å². The number of carbonyl (C=O) groups excluding carboxylic acids is 3. The molecule has 2 fully saturated rings. The first-order valence-electron chi connectivity index (χ1n) is 9.96. The lowest BCUT2D eigenvalue weighted by molar-refractivity contribution is -0.171. The number of ether oxygens (including phenoxy) is 1. The van der Waals surface area contributed by atoms with E-state index in [1.54, 1.807) is 7.05 Å². The zero-order chi connectivity index (χ0) is 26.4. The molecule has 2 amide bonds. The first-order chi connectivity index (χ1) is 17.0. The van der Waals surface area contributed by atoms with Gasteiger partial charge in [-0.1, -0.05) is 35.3 Å². The summed E-state index contributed by atoms with van der Waals surface area (Å²) in [5.74, 6) is -5.51. The van der Waals surface area contributed by atoms with Crippen molar-refractivity contribution in [1.82, 2.24) is 25.5 Å². The number of carboxylic acids is 2. The third-order valence-corrected chi connectivity index (χ3v) is 11.0. The Labute approximate surface area is 219 Å². The van der Waals surface area contributed by atoms with Crippen LogP contribution >= 0.6 is 47.0 Å². The van der Waals surface area contributed by atoms with Crippen LogP contribution in [0, 0.1) is 5.92 Å². The van der Waals surface area contributed by atoms with Crippen LogP contribution in [-0.4, -0.2) is 94.1 Å². The fourth-order valence-electron chi connectivity index (χ4n) is 3.89. The Hall–Kier alpha value is -2.54. The summed E-state index contributed by atoms with van der Waals surface area (Å²) >= 11 is 4.19. The number of nitrogens with zero attached hydrogens (tertiary/aromatic N) is 4. The van der Waals surface area contributed by atoms with E-state index in [9.17, 15) is 29.1 Å². The van der Waals surface area contributed by atoms with Crippen LogP contribution in [0.5, 0.6) is 0 Å². The van der Waals surface area contributed by atoms with E-state index in [2.05, 4.69) is 20.8 Å². The number of aliphatic carboxylic acids is 2. The third-order valence-electron chi connectivity index (χ3n) is 5.61. The van der Waals surface area contributed by atoms with Gasteiger partial charge in [0.1, 0.15) is 10.2 Å². The number of aryl methyl sites for hydroxylation is 1. The third kappa shape index (κ3) is 4.40. The van der Waals surface area contributed by atoms with Gasteiger partial charge in [-0.05, 0) is 16.0 Å². The topological polar surface area (TPSA) is 217 Å². The highest BCUT2D eigenvalue weighted by molar-refractivity contribution is 8.39. The summed E-state index contributed by atoms with van der Waals surface area (Å²) in [7, 11) is 2.90. The van der Waals surface area contributed by atoms with Gasteiger partial charge in [0.15, 0.2) is 5.78 Å².